The van der Waals surface area contributed by atoms with Crippen LogP contribution in [0.5, 0.6) is 0 Å². The lowest BCUT2D eigenvalue weighted by Crippen LogP contribution is -2.52. The molecule has 0 aliphatic heterocycles. The molecule has 0 fully saturated rings. The van der Waals surface area contributed by atoms with Crippen molar-refractivity contribution in [3.63, 3.8) is 0 Å². The molecule has 23 heavy (non-hydrogen) atoms. The van der Waals surface area contributed by atoms with Crippen LogP contribution in [0.1, 0.15) is 44.3 Å². The number of rotatable bonds is 6. The van der Waals surface area contributed by atoms with E-state index < -0.39 is 6.04 Å². The van der Waals surface area contributed by atoms with Crippen LogP contribution in [-0.2, 0) is 9.59 Å². The maximum atomic E-state index is 12.3. The van der Waals surface area contributed by atoms with Gasteiger partial charge in [-0.2, -0.15) is 0 Å². The summed E-state index contributed by atoms with van der Waals surface area (Å²) in [7, 11) is 0. The van der Waals surface area contributed by atoms with Gasteiger partial charge in [0.05, 0.1) is 11.4 Å². The van der Waals surface area contributed by atoms with Gasteiger partial charge in [-0.15, -0.1) is 11.3 Å². The summed E-state index contributed by atoms with van der Waals surface area (Å²) >= 11 is 1.31. The van der Waals surface area contributed by atoms with Crippen molar-refractivity contribution in [1.82, 2.24) is 16.0 Å². The molecule has 0 aliphatic rings. The number of thiophene rings is 1. The van der Waals surface area contributed by atoms with Gasteiger partial charge in [-0.1, -0.05) is 19.9 Å². The predicted octanol–water partition coefficient (Wildman–Crippen LogP) is 1.53. The van der Waals surface area contributed by atoms with E-state index in [4.69, 9.17) is 0 Å². The van der Waals surface area contributed by atoms with Crippen LogP contribution in [-0.4, -0.2) is 35.8 Å². The van der Waals surface area contributed by atoms with Gasteiger partial charge >= 0.3 is 0 Å². The molecule has 1 unspecified atom stereocenters. The fraction of sp³-hybridized carbons (Fsp3) is 0.562. The molecular weight excluding hydrogens is 314 g/mol. The van der Waals surface area contributed by atoms with Gasteiger partial charge < -0.3 is 16.0 Å². The van der Waals surface area contributed by atoms with Crippen molar-refractivity contribution in [2.45, 2.75) is 46.2 Å². The average molecular weight is 339 g/mol. The minimum absolute atomic E-state index is 0.0930. The van der Waals surface area contributed by atoms with Gasteiger partial charge in [0.1, 0.15) is 6.04 Å². The Morgan fingerprint density at radius 1 is 1.22 bits per heavy atom. The van der Waals surface area contributed by atoms with E-state index in [0.717, 1.165) is 0 Å². The Kier molecular flexibility index (Phi) is 6.75. The van der Waals surface area contributed by atoms with Crippen LogP contribution in [0, 0.1) is 5.92 Å². The molecule has 0 radical (unpaired) electrons. The molecule has 0 aliphatic carbocycles. The summed E-state index contributed by atoms with van der Waals surface area (Å²) in [6.07, 6.45) is 0. The summed E-state index contributed by atoms with van der Waals surface area (Å²) in [6.45, 7) is 9.16. The van der Waals surface area contributed by atoms with Crippen molar-refractivity contribution < 1.29 is 14.4 Å². The van der Waals surface area contributed by atoms with Gasteiger partial charge in [0.25, 0.3) is 5.91 Å². The molecule has 0 saturated heterocycles. The van der Waals surface area contributed by atoms with E-state index in [1.165, 1.54) is 11.3 Å². The molecule has 0 aromatic carbocycles. The van der Waals surface area contributed by atoms with E-state index in [1.54, 1.807) is 17.5 Å². The van der Waals surface area contributed by atoms with Crippen molar-refractivity contribution in [3.05, 3.63) is 22.4 Å². The number of hydrogen-bond donors (Lipinski definition) is 3. The third-order valence-electron chi connectivity index (χ3n) is 2.92. The lowest BCUT2D eigenvalue weighted by Gasteiger charge is -2.23. The Morgan fingerprint density at radius 2 is 1.87 bits per heavy atom. The van der Waals surface area contributed by atoms with E-state index in [-0.39, 0.29) is 35.7 Å². The molecule has 0 bridgehead atoms. The number of carbonyl (C=O) groups excluding carboxylic acids is 3. The summed E-state index contributed by atoms with van der Waals surface area (Å²) in [5.41, 5.74) is -0.355. The van der Waals surface area contributed by atoms with Crippen LogP contribution in [0.3, 0.4) is 0 Å². The Balaban J connectivity index is 2.58. The molecule has 1 aromatic rings. The molecule has 3 N–H and O–H groups in total. The molecule has 0 spiro atoms. The molecule has 3 amide bonds. The topological polar surface area (TPSA) is 87.3 Å². The Labute approximate surface area is 141 Å². The molecule has 7 heteroatoms. The van der Waals surface area contributed by atoms with E-state index >= 15 is 0 Å². The normalized spacial score (nSPS) is 12.6. The highest BCUT2D eigenvalue weighted by atomic mass is 32.1. The maximum Gasteiger partial charge on any atom is 0.262 e. The van der Waals surface area contributed by atoms with E-state index in [9.17, 15) is 14.4 Å². The number of amides is 3. The van der Waals surface area contributed by atoms with Crippen LogP contribution < -0.4 is 16.0 Å². The van der Waals surface area contributed by atoms with E-state index in [0.29, 0.717) is 4.88 Å². The zero-order valence-corrected chi connectivity index (χ0v) is 15.0. The molecule has 128 valence electrons. The lowest BCUT2D eigenvalue weighted by molar-refractivity contribution is -0.128. The summed E-state index contributed by atoms with van der Waals surface area (Å²) in [4.78, 5) is 36.7. The SMILES string of the molecule is CC(C)C(NC(=O)c1cccs1)C(=O)NCC(=O)NC(C)(C)C. The predicted molar refractivity (Wildman–Crippen MR) is 91.3 cm³/mol. The second kappa shape index (κ2) is 8.10. The zero-order chi connectivity index (χ0) is 17.6. The third kappa shape index (κ3) is 6.81. The third-order valence-corrected chi connectivity index (χ3v) is 3.79. The molecular formula is C16H25N3O3S. The van der Waals surface area contributed by atoms with Gasteiger partial charge in [-0.25, -0.2) is 0 Å². The van der Waals surface area contributed by atoms with Gasteiger partial charge in [0.2, 0.25) is 11.8 Å². The summed E-state index contributed by atoms with van der Waals surface area (Å²) in [5, 5.41) is 9.86. The van der Waals surface area contributed by atoms with Crippen LogP contribution >= 0.6 is 11.3 Å². The van der Waals surface area contributed by atoms with Crippen molar-refractivity contribution in [2.24, 2.45) is 5.92 Å². The number of nitrogens with one attached hydrogen (secondary N) is 3. The first kappa shape index (κ1) is 19.2. The Hall–Kier alpha value is -1.89. The van der Waals surface area contributed by atoms with Crippen LogP contribution in [0.25, 0.3) is 0 Å². The quantitative estimate of drug-likeness (QED) is 0.734. The second-order valence-electron chi connectivity index (χ2n) is 6.69. The number of hydrogen-bond acceptors (Lipinski definition) is 4. The van der Waals surface area contributed by atoms with Gasteiger partial charge in [0.15, 0.2) is 0 Å². The molecule has 1 rings (SSSR count). The largest absolute Gasteiger partial charge is 0.350 e. The zero-order valence-electron chi connectivity index (χ0n) is 14.2. The maximum absolute atomic E-state index is 12.3. The highest BCUT2D eigenvalue weighted by Gasteiger charge is 2.25. The Bertz CT molecular complexity index is 547. The molecule has 0 saturated carbocycles. The van der Waals surface area contributed by atoms with Crippen molar-refractivity contribution in [3.8, 4) is 0 Å². The van der Waals surface area contributed by atoms with E-state index in [1.807, 2.05) is 34.6 Å². The first-order chi connectivity index (χ1) is 10.6. The van der Waals surface area contributed by atoms with Gasteiger partial charge in [-0.05, 0) is 38.1 Å². The first-order valence-corrected chi connectivity index (χ1v) is 8.41. The lowest BCUT2D eigenvalue weighted by atomic mass is 10.0. The average Bonchev–Trinajstić information content (AvgIpc) is 2.93. The number of carbonyl (C=O) groups is 3. The molecule has 1 heterocycles. The Morgan fingerprint density at radius 3 is 2.35 bits per heavy atom. The van der Waals surface area contributed by atoms with Crippen LogP contribution in [0.15, 0.2) is 17.5 Å². The highest BCUT2D eigenvalue weighted by molar-refractivity contribution is 7.12. The molecule has 6 nitrogen and oxygen atoms in total. The summed E-state index contributed by atoms with van der Waals surface area (Å²) in [5.74, 6) is -1.01. The first-order valence-electron chi connectivity index (χ1n) is 7.53. The molecule has 1 aromatic heterocycles. The van der Waals surface area contributed by atoms with Crippen LogP contribution in [0.2, 0.25) is 0 Å². The van der Waals surface area contributed by atoms with E-state index in [2.05, 4.69) is 16.0 Å². The van der Waals surface area contributed by atoms with Gasteiger partial charge in [-0.3, -0.25) is 14.4 Å². The summed E-state index contributed by atoms with van der Waals surface area (Å²) < 4.78 is 0. The molecule has 1 atom stereocenters. The fourth-order valence-corrected chi connectivity index (χ4v) is 2.52. The second-order valence-corrected chi connectivity index (χ2v) is 7.64. The van der Waals surface area contributed by atoms with Crippen LogP contribution in [0.4, 0.5) is 0 Å². The summed E-state index contributed by atoms with van der Waals surface area (Å²) in [6, 6.07) is 2.79. The monoisotopic (exact) mass is 339 g/mol. The standard InChI is InChI=1S/C16H25N3O3S/c1-10(2)13(18-14(21)11-7-6-8-23-11)15(22)17-9-12(20)19-16(3,4)5/h6-8,10,13H,9H2,1-5H3,(H,17,22)(H,18,21)(H,19,20). The van der Waals surface area contributed by atoms with Crippen molar-refractivity contribution >= 4 is 29.1 Å². The highest BCUT2D eigenvalue weighted by Crippen LogP contribution is 2.10. The minimum atomic E-state index is -0.688. The van der Waals surface area contributed by atoms with Gasteiger partial charge in [0, 0.05) is 5.54 Å². The van der Waals surface area contributed by atoms with Crippen molar-refractivity contribution in [1.29, 1.82) is 0 Å². The smallest absolute Gasteiger partial charge is 0.262 e. The van der Waals surface area contributed by atoms with Crippen molar-refractivity contribution in [2.75, 3.05) is 6.54 Å². The fourth-order valence-electron chi connectivity index (χ4n) is 1.89. The minimum Gasteiger partial charge on any atom is -0.350 e.